The van der Waals surface area contributed by atoms with Crippen molar-refractivity contribution < 1.29 is 0 Å². The third-order valence-corrected chi connectivity index (χ3v) is 3.84. The molecule has 2 aromatic heterocycles. The number of thiocarbonyl (C=S) groups is 1. The molecule has 0 spiro atoms. The fourth-order valence-corrected chi connectivity index (χ4v) is 3.08. The third kappa shape index (κ3) is 2.39. The fourth-order valence-electron chi connectivity index (χ4n) is 2.08. The Labute approximate surface area is 116 Å². The van der Waals surface area contributed by atoms with Crippen molar-refractivity contribution in [3.05, 3.63) is 33.6 Å². The molecule has 0 saturated carbocycles. The minimum Gasteiger partial charge on any atom is -0.389 e. The van der Waals surface area contributed by atoms with E-state index in [1.807, 2.05) is 25.7 Å². The van der Waals surface area contributed by atoms with Gasteiger partial charge in [0, 0.05) is 19.0 Å². The lowest BCUT2D eigenvalue weighted by Crippen LogP contribution is -2.23. The molecule has 0 saturated heterocycles. The standard InChI is InChI=1S/C12H16N4S2/c1-8-10(11(13)17)12(16(3)14-8)15(2)7-9-5-4-6-18-9/h4-6H,7H2,1-3H3,(H2,13,17). The van der Waals surface area contributed by atoms with E-state index in [-0.39, 0.29) is 0 Å². The number of hydrogen-bond donors (Lipinski definition) is 1. The van der Waals surface area contributed by atoms with Gasteiger partial charge in [-0.2, -0.15) is 5.10 Å². The van der Waals surface area contributed by atoms with Crippen LogP contribution in [-0.4, -0.2) is 21.8 Å². The van der Waals surface area contributed by atoms with Crippen molar-refractivity contribution in [1.29, 1.82) is 0 Å². The van der Waals surface area contributed by atoms with Gasteiger partial charge in [-0.05, 0) is 18.4 Å². The van der Waals surface area contributed by atoms with Gasteiger partial charge < -0.3 is 10.6 Å². The molecule has 0 aliphatic carbocycles. The minimum atomic E-state index is 0.397. The lowest BCUT2D eigenvalue weighted by molar-refractivity contribution is 0.728. The van der Waals surface area contributed by atoms with Gasteiger partial charge >= 0.3 is 0 Å². The zero-order chi connectivity index (χ0) is 13.3. The summed E-state index contributed by atoms with van der Waals surface area (Å²) in [6.45, 7) is 2.75. The Morgan fingerprint density at radius 2 is 2.33 bits per heavy atom. The second kappa shape index (κ2) is 5.07. The van der Waals surface area contributed by atoms with Crippen LogP contribution in [-0.2, 0) is 13.6 Å². The highest BCUT2D eigenvalue weighted by atomic mass is 32.1. The molecule has 0 fully saturated rings. The SMILES string of the molecule is Cc1nn(C)c(N(C)Cc2cccs2)c1C(N)=S. The van der Waals surface area contributed by atoms with Crippen LogP contribution >= 0.6 is 23.6 Å². The number of anilines is 1. The zero-order valence-corrected chi connectivity index (χ0v) is 12.3. The van der Waals surface area contributed by atoms with Gasteiger partial charge in [-0.3, -0.25) is 4.68 Å². The van der Waals surface area contributed by atoms with Crippen molar-refractivity contribution >= 4 is 34.4 Å². The fraction of sp³-hybridized carbons (Fsp3) is 0.333. The van der Waals surface area contributed by atoms with Gasteiger partial charge in [0.1, 0.15) is 10.8 Å². The van der Waals surface area contributed by atoms with Gasteiger partial charge in [-0.15, -0.1) is 11.3 Å². The summed E-state index contributed by atoms with van der Waals surface area (Å²) in [7, 11) is 3.94. The second-order valence-electron chi connectivity index (χ2n) is 4.21. The van der Waals surface area contributed by atoms with Crippen LogP contribution in [0, 0.1) is 6.92 Å². The summed E-state index contributed by atoms with van der Waals surface area (Å²) in [6, 6.07) is 4.17. The molecule has 0 aliphatic heterocycles. The van der Waals surface area contributed by atoms with E-state index in [9.17, 15) is 0 Å². The Bertz CT molecular complexity index is 557. The molecule has 0 aromatic carbocycles. The normalized spacial score (nSPS) is 10.6. The molecular formula is C12H16N4S2. The summed E-state index contributed by atoms with van der Waals surface area (Å²) < 4.78 is 1.83. The molecule has 6 heteroatoms. The van der Waals surface area contributed by atoms with Crippen molar-refractivity contribution in [1.82, 2.24) is 9.78 Å². The maximum atomic E-state index is 5.79. The minimum absolute atomic E-state index is 0.397. The molecule has 0 amide bonds. The molecule has 0 atom stereocenters. The Hall–Kier alpha value is -1.40. The molecule has 0 radical (unpaired) electrons. The van der Waals surface area contributed by atoms with Crippen molar-refractivity contribution in [3.8, 4) is 0 Å². The molecule has 2 rings (SSSR count). The number of aryl methyl sites for hydroxylation is 2. The van der Waals surface area contributed by atoms with E-state index in [0.717, 1.165) is 23.6 Å². The van der Waals surface area contributed by atoms with E-state index in [4.69, 9.17) is 18.0 Å². The summed E-state index contributed by atoms with van der Waals surface area (Å²) in [6.07, 6.45) is 0. The number of thiophene rings is 1. The Balaban J connectivity index is 2.35. The molecule has 4 nitrogen and oxygen atoms in total. The molecule has 0 aliphatic rings. The van der Waals surface area contributed by atoms with E-state index < -0.39 is 0 Å². The van der Waals surface area contributed by atoms with Gasteiger partial charge in [0.05, 0.1) is 17.8 Å². The van der Waals surface area contributed by atoms with Crippen molar-refractivity contribution in [2.75, 3.05) is 11.9 Å². The highest BCUT2D eigenvalue weighted by Crippen LogP contribution is 2.24. The molecule has 2 N–H and O–H groups in total. The molecule has 96 valence electrons. The first-order valence-electron chi connectivity index (χ1n) is 5.57. The first-order chi connectivity index (χ1) is 8.50. The highest BCUT2D eigenvalue weighted by Gasteiger charge is 2.19. The van der Waals surface area contributed by atoms with E-state index in [2.05, 4.69) is 27.5 Å². The second-order valence-corrected chi connectivity index (χ2v) is 5.68. The van der Waals surface area contributed by atoms with Crippen molar-refractivity contribution in [2.45, 2.75) is 13.5 Å². The topological polar surface area (TPSA) is 47.1 Å². The molecule has 0 bridgehead atoms. The van der Waals surface area contributed by atoms with Crippen LogP contribution in [0.15, 0.2) is 17.5 Å². The van der Waals surface area contributed by atoms with Crippen molar-refractivity contribution in [3.63, 3.8) is 0 Å². The van der Waals surface area contributed by atoms with Gasteiger partial charge in [0.15, 0.2) is 0 Å². The average molecular weight is 280 g/mol. The zero-order valence-electron chi connectivity index (χ0n) is 10.7. The smallest absolute Gasteiger partial charge is 0.137 e. The molecule has 18 heavy (non-hydrogen) atoms. The predicted octanol–water partition coefficient (Wildman–Crippen LogP) is 2.06. The van der Waals surface area contributed by atoms with Crippen LogP contribution in [0.4, 0.5) is 5.82 Å². The number of nitrogens with two attached hydrogens (primary N) is 1. The number of nitrogens with zero attached hydrogens (tertiary/aromatic N) is 3. The molecule has 2 aromatic rings. The maximum Gasteiger partial charge on any atom is 0.137 e. The van der Waals surface area contributed by atoms with E-state index in [0.29, 0.717) is 4.99 Å². The maximum absolute atomic E-state index is 5.79. The van der Waals surface area contributed by atoms with Crippen LogP contribution in [0.5, 0.6) is 0 Å². The third-order valence-electron chi connectivity index (χ3n) is 2.77. The monoisotopic (exact) mass is 280 g/mol. The molecule has 0 unspecified atom stereocenters. The first-order valence-corrected chi connectivity index (χ1v) is 6.86. The summed E-state index contributed by atoms with van der Waals surface area (Å²) in [4.78, 5) is 3.82. The van der Waals surface area contributed by atoms with Gasteiger partial charge in [-0.1, -0.05) is 18.3 Å². The molecule has 2 heterocycles. The summed E-state index contributed by atoms with van der Waals surface area (Å²) in [5.41, 5.74) is 7.53. The first kappa shape index (κ1) is 13.0. The van der Waals surface area contributed by atoms with Crippen LogP contribution in [0.1, 0.15) is 16.1 Å². The van der Waals surface area contributed by atoms with Crippen molar-refractivity contribution in [2.24, 2.45) is 12.8 Å². The Morgan fingerprint density at radius 1 is 1.61 bits per heavy atom. The van der Waals surface area contributed by atoms with E-state index in [1.165, 1.54) is 4.88 Å². The average Bonchev–Trinajstić information content (AvgIpc) is 2.85. The van der Waals surface area contributed by atoms with Gasteiger partial charge in [-0.25, -0.2) is 0 Å². The Morgan fingerprint density at radius 3 is 2.89 bits per heavy atom. The summed E-state index contributed by atoms with van der Waals surface area (Å²) in [5, 5.41) is 6.47. The number of aromatic nitrogens is 2. The van der Waals surface area contributed by atoms with Crippen LogP contribution in [0.3, 0.4) is 0 Å². The highest BCUT2D eigenvalue weighted by molar-refractivity contribution is 7.80. The van der Waals surface area contributed by atoms with Gasteiger partial charge in [0.25, 0.3) is 0 Å². The summed E-state index contributed by atoms with van der Waals surface area (Å²) >= 11 is 6.86. The van der Waals surface area contributed by atoms with Crippen LogP contribution in [0.2, 0.25) is 0 Å². The van der Waals surface area contributed by atoms with Gasteiger partial charge in [0.2, 0.25) is 0 Å². The quantitative estimate of drug-likeness (QED) is 0.871. The Kier molecular flexibility index (Phi) is 3.68. The number of hydrogen-bond acceptors (Lipinski definition) is 4. The predicted molar refractivity (Wildman–Crippen MR) is 80.3 cm³/mol. The van der Waals surface area contributed by atoms with E-state index >= 15 is 0 Å². The van der Waals surface area contributed by atoms with E-state index in [1.54, 1.807) is 11.3 Å². The lowest BCUT2D eigenvalue weighted by atomic mass is 10.2. The van der Waals surface area contributed by atoms with Crippen LogP contribution in [0.25, 0.3) is 0 Å². The summed E-state index contributed by atoms with van der Waals surface area (Å²) in [5.74, 6) is 0.966. The largest absolute Gasteiger partial charge is 0.389 e. The molecular weight excluding hydrogens is 264 g/mol. The van der Waals surface area contributed by atoms with Crippen LogP contribution < -0.4 is 10.6 Å². The number of rotatable bonds is 4. The lowest BCUT2D eigenvalue weighted by Gasteiger charge is -2.20.